The summed E-state index contributed by atoms with van der Waals surface area (Å²) >= 11 is 0. The van der Waals surface area contributed by atoms with Crippen LogP contribution in [-0.4, -0.2) is 19.1 Å². The van der Waals surface area contributed by atoms with Crippen LogP contribution in [0.15, 0.2) is 12.2 Å². The standard InChI is InChI=1S/C9H13NO2.ClH/c1-12-9(11)7-5-2-3-6(4-5)8(7)10;/h2-3,5-8H,4,10H2,1H3;1H/t5-,6+,7-,8+;/m0./s1. The zero-order valence-electron chi connectivity index (χ0n) is 7.47. The van der Waals surface area contributed by atoms with Crippen LogP contribution in [0.3, 0.4) is 0 Å². The van der Waals surface area contributed by atoms with Gasteiger partial charge in [0.15, 0.2) is 0 Å². The number of carbonyl (C=O) groups excluding carboxylic acids is 1. The number of halogens is 1. The minimum Gasteiger partial charge on any atom is -0.469 e. The van der Waals surface area contributed by atoms with Crippen molar-refractivity contribution < 1.29 is 9.53 Å². The van der Waals surface area contributed by atoms with E-state index in [1.807, 2.05) is 0 Å². The maximum absolute atomic E-state index is 11.3. The Kier molecular flexibility index (Phi) is 2.98. The molecule has 74 valence electrons. The molecule has 2 N–H and O–H groups in total. The van der Waals surface area contributed by atoms with Gasteiger partial charge in [-0.3, -0.25) is 4.79 Å². The minimum absolute atomic E-state index is 0. The fourth-order valence-corrected chi connectivity index (χ4v) is 2.33. The Morgan fingerprint density at radius 3 is 2.54 bits per heavy atom. The number of ether oxygens (including phenoxy) is 1. The van der Waals surface area contributed by atoms with Crippen LogP contribution in [0.2, 0.25) is 0 Å². The highest BCUT2D eigenvalue weighted by molar-refractivity contribution is 5.85. The van der Waals surface area contributed by atoms with Crippen molar-refractivity contribution in [3.8, 4) is 0 Å². The number of allylic oxidation sites excluding steroid dienone is 1. The molecule has 1 fully saturated rings. The van der Waals surface area contributed by atoms with Crippen LogP contribution in [0.1, 0.15) is 6.42 Å². The minimum atomic E-state index is -0.153. The molecule has 4 heteroatoms. The molecule has 0 saturated heterocycles. The van der Waals surface area contributed by atoms with Crippen LogP contribution in [0.4, 0.5) is 0 Å². The lowest BCUT2D eigenvalue weighted by atomic mass is 9.90. The van der Waals surface area contributed by atoms with Crippen LogP contribution >= 0.6 is 12.4 Å². The third-order valence-corrected chi connectivity index (χ3v) is 2.99. The third kappa shape index (κ3) is 1.46. The Labute approximate surface area is 83.7 Å². The predicted octanol–water partition coefficient (Wildman–Crippen LogP) is 0.731. The van der Waals surface area contributed by atoms with Gasteiger partial charge in [0, 0.05) is 6.04 Å². The van der Waals surface area contributed by atoms with E-state index in [4.69, 9.17) is 10.5 Å². The molecule has 0 radical (unpaired) electrons. The maximum Gasteiger partial charge on any atom is 0.310 e. The topological polar surface area (TPSA) is 52.3 Å². The monoisotopic (exact) mass is 203 g/mol. The molecule has 2 aliphatic carbocycles. The van der Waals surface area contributed by atoms with Gasteiger partial charge in [0.25, 0.3) is 0 Å². The molecular formula is C9H14ClNO2. The van der Waals surface area contributed by atoms with Crippen LogP contribution in [-0.2, 0) is 9.53 Å². The highest BCUT2D eigenvalue weighted by atomic mass is 35.5. The van der Waals surface area contributed by atoms with E-state index in [1.54, 1.807) is 0 Å². The Hall–Kier alpha value is -0.540. The zero-order chi connectivity index (χ0) is 8.72. The average Bonchev–Trinajstić information content (AvgIpc) is 2.63. The Morgan fingerprint density at radius 1 is 1.46 bits per heavy atom. The Morgan fingerprint density at radius 2 is 2.08 bits per heavy atom. The number of nitrogens with two attached hydrogens (primary N) is 1. The quantitative estimate of drug-likeness (QED) is 0.505. The third-order valence-electron chi connectivity index (χ3n) is 2.99. The number of hydrogen-bond acceptors (Lipinski definition) is 3. The van der Waals surface area contributed by atoms with Crippen molar-refractivity contribution in [3.63, 3.8) is 0 Å². The van der Waals surface area contributed by atoms with E-state index in [0.29, 0.717) is 11.8 Å². The summed E-state index contributed by atoms with van der Waals surface area (Å²) in [5, 5.41) is 0. The second-order valence-corrected chi connectivity index (χ2v) is 3.57. The summed E-state index contributed by atoms with van der Waals surface area (Å²) in [4.78, 5) is 11.3. The first-order valence-corrected chi connectivity index (χ1v) is 4.26. The molecule has 3 nitrogen and oxygen atoms in total. The molecule has 0 aliphatic heterocycles. The van der Waals surface area contributed by atoms with Crippen molar-refractivity contribution in [2.75, 3.05) is 7.11 Å². The molecular weight excluding hydrogens is 190 g/mol. The summed E-state index contributed by atoms with van der Waals surface area (Å²) in [6.45, 7) is 0. The van der Waals surface area contributed by atoms with Gasteiger partial charge < -0.3 is 10.5 Å². The summed E-state index contributed by atoms with van der Waals surface area (Å²) in [5.74, 6) is 0.487. The van der Waals surface area contributed by atoms with E-state index in [0.717, 1.165) is 6.42 Å². The lowest BCUT2D eigenvalue weighted by Gasteiger charge is -2.21. The lowest BCUT2D eigenvalue weighted by molar-refractivity contribution is -0.146. The van der Waals surface area contributed by atoms with Gasteiger partial charge in [-0.15, -0.1) is 12.4 Å². The molecule has 1 saturated carbocycles. The van der Waals surface area contributed by atoms with Crippen molar-refractivity contribution in [1.29, 1.82) is 0 Å². The number of hydrogen-bond donors (Lipinski definition) is 1. The lowest BCUT2D eigenvalue weighted by Crippen LogP contribution is -2.39. The van der Waals surface area contributed by atoms with E-state index in [-0.39, 0.29) is 30.3 Å². The van der Waals surface area contributed by atoms with Gasteiger partial charge in [-0.05, 0) is 18.3 Å². The van der Waals surface area contributed by atoms with Crippen LogP contribution in [0.25, 0.3) is 0 Å². The second kappa shape index (κ2) is 3.68. The number of fused-ring (bicyclic) bond motifs is 2. The fourth-order valence-electron chi connectivity index (χ4n) is 2.33. The molecule has 2 bridgehead atoms. The van der Waals surface area contributed by atoms with Crippen molar-refractivity contribution >= 4 is 18.4 Å². The van der Waals surface area contributed by atoms with Gasteiger partial charge in [0.05, 0.1) is 13.0 Å². The molecule has 2 aliphatic rings. The molecule has 0 spiro atoms. The maximum atomic E-state index is 11.3. The average molecular weight is 204 g/mol. The predicted molar refractivity (Wildman–Crippen MR) is 51.5 cm³/mol. The van der Waals surface area contributed by atoms with Gasteiger partial charge in [-0.2, -0.15) is 0 Å². The molecule has 0 aromatic rings. The normalized spacial score (nSPS) is 40.2. The van der Waals surface area contributed by atoms with Crippen molar-refractivity contribution in [2.24, 2.45) is 23.5 Å². The number of esters is 1. The first-order chi connectivity index (χ1) is 5.74. The van der Waals surface area contributed by atoms with Crippen LogP contribution in [0, 0.1) is 17.8 Å². The summed E-state index contributed by atoms with van der Waals surface area (Å²) < 4.78 is 4.70. The zero-order valence-corrected chi connectivity index (χ0v) is 8.29. The van der Waals surface area contributed by atoms with E-state index in [2.05, 4.69) is 12.2 Å². The molecule has 0 heterocycles. The van der Waals surface area contributed by atoms with Crippen LogP contribution < -0.4 is 5.73 Å². The molecule has 13 heavy (non-hydrogen) atoms. The molecule has 0 unspecified atom stereocenters. The van der Waals surface area contributed by atoms with Crippen molar-refractivity contribution in [2.45, 2.75) is 12.5 Å². The number of methoxy groups -OCH3 is 1. The largest absolute Gasteiger partial charge is 0.469 e. The highest BCUT2D eigenvalue weighted by Gasteiger charge is 2.46. The van der Waals surface area contributed by atoms with E-state index in [9.17, 15) is 4.79 Å². The number of carbonyl (C=O) groups is 1. The van der Waals surface area contributed by atoms with Gasteiger partial charge in [0.1, 0.15) is 0 Å². The summed E-state index contributed by atoms with van der Waals surface area (Å²) in [7, 11) is 1.42. The van der Waals surface area contributed by atoms with Gasteiger partial charge in [0.2, 0.25) is 0 Å². The Balaban J connectivity index is 0.000000845. The van der Waals surface area contributed by atoms with Crippen molar-refractivity contribution in [1.82, 2.24) is 0 Å². The fraction of sp³-hybridized carbons (Fsp3) is 0.667. The molecule has 4 atom stereocenters. The second-order valence-electron chi connectivity index (χ2n) is 3.57. The molecule has 2 rings (SSSR count). The molecule has 0 amide bonds. The Bertz CT molecular complexity index is 242. The van der Waals surface area contributed by atoms with Crippen LogP contribution in [0.5, 0.6) is 0 Å². The van der Waals surface area contributed by atoms with E-state index >= 15 is 0 Å². The summed E-state index contributed by atoms with van der Waals surface area (Å²) in [6, 6.07) is -0.0209. The first-order valence-electron chi connectivity index (χ1n) is 4.26. The van der Waals surface area contributed by atoms with E-state index in [1.165, 1.54) is 7.11 Å². The molecule has 0 aromatic heterocycles. The van der Waals surface area contributed by atoms with Gasteiger partial charge in [-0.1, -0.05) is 12.2 Å². The van der Waals surface area contributed by atoms with Crippen molar-refractivity contribution in [3.05, 3.63) is 12.2 Å². The van der Waals surface area contributed by atoms with E-state index < -0.39 is 0 Å². The smallest absolute Gasteiger partial charge is 0.310 e. The highest BCUT2D eigenvalue weighted by Crippen LogP contribution is 2.42. The SMILES string of the molecule is COC(=O)[C@@H]1[C@H](N)[C@@H]2C=C[C@H]1C2.Cl. The summed E-state index contributed by atoms with van der Waals surface area (Å²) in [6.07, 6.45) is 5.24. The number of rotatable bonds is 1. The molecule has 0 aromatic carbocycles. The van der Waals surface area contributed by atoms with Gasteiger partial charge >= 0.3 is 5.97 Å². The first kappa shape index (κ1) is 10.5. The van der Waals surface area contributed by atoms with Gasteiger partial charge in [-0.25, -0.2) is 0 Å². The summed E-state index contributed by atoms with van der Waals surface area (Å²) in [5.41, 5.74) is 5.89.